The van der Waals surface area contributed by atoms with Crippen molar-refractivity contribution in [2.75, 3.05) is 0 Å². The highest BCUT2D eigenvalue weighted by atomic mass is 79.9. The Morgan fingerprint density at radius 3 is 2.86 bits per heavy atom. The van der Waals surface area contributed by atoms with Crippen LogP contribution in [0.4, 0.5) is 5.69 Å². The van der Waals surface area contributed by atoms with Crippen molar-refractivity contribution in [2.45, 2.75) is 0 Å². The van der Waals surface area contributed by atoms with Crippen LogP contribution in [0, 0.1) is 10.1 Å². The predicted molar refractivity (Wildman–Crippen MR) is 84.7 cm³/mol. The molecule has 0 fully saturated rings. The molecule has 0 aliphatic heterocycles. The number of hydrogen-bond donors (Lipinski definition) is 0. The Balaban J connectivity index is 2.12. The molecule has 2 aromatic rings. The zero-order chi connectivity index (χ0) is 16.1. The number of nitrogens with zero attached hydrogens (tertiary/aromatic N) is 2. The third-order valence-corrected chi connectivity index (χ3v) is 3.43. The van der Waals surface area contributed by atoms with Gasteiger partial charge in [0.2, 0.25) is 0 Å². The topological polar surface area (TPSA) is 82.3 Å². The molecule has 0 saturated heterocycles. The summed E-state index contributed by atoms with van der Waals surface area (Å²) < 4.78 is 5.47. The molecule has 8 heteroatoms. The lowest BCUT2D eigenvalue weighted by molar-refractivity contribution is -0.384. The summed E-state index contributed by atoms with van der Waals surface area (Å²) in [5, 5.41) is 10.8. The first kappa shape index (κ1) is 16.1. The fourth-order valence-corrected chi connectivity index (χ4v) is 2.05. The second-order valence-corrected chi connectivity index (χ2v) is 5.17. The molecule has 0 amide bonds. The zero-order valence-electron chi connectivity index (χ0n) is 10.9. The van der Waals surface area contributed by atoms with Crippen molar-refractivity contribution in [3.8, 4) is 5.75 Å². The summed E-state index contributed by atoms with van der Waals surface area (Å²) in [5.74, 6) is -0.356. The molecule has 0 unspecified atom stereocenters. The van der Waals surface area contributed by atoms with Crippen molar-refractivity contribution in [1.29, 1.82) is 0 Å². The molecule has 0 aliphatic rings. The van der Waals surface area contributed by atoms with E-state index in [2.05, 4.69) is 20.9 Å². The molecule has 112 valence electrons. The average Bonchev–Trinajstić information content (AvgIpc) is 2.48. The molecule has 0 spiro atoms. The maximum absolute atomic E-state index is 11.7. The number of rotatable bonds is 4. The van der Waals surface area contributed by atoms with Crippen molar-refractivity contribution in [3.05, 3.63) is 67.9 Å². The highest BCUT2D eigenvalue weighted by Gasteiger charge is 2.12. The number of nitro groups is 1. The quantitative estimate of drug-likeness (QED) is 0.262. The number of benzene rings is 1. The minimum atomic E-state index is -0.633. The van der Waals surface area contributed by atoms with Gasteiger partial charge in [0.25, 0.3) is 5.69 Å². The SMILES string of the molecule is O=C(C=Cc1ccc(Cl)c([N+](=O)[O-])c1)Oc1cccnc1Br. The number of nitro benzene ring substituents is 1. The zero-order valence-corrected chi connectivity index (χ0v) is 13.2. The van der Waals surface area contributed by atoms with E-state index < -0.39 is 10.9 Å². The van der Waals surface area contributed by atoms with Gasteiger partial charge in [-0.25, -0.2) is 9.78 Å². The summed E-state index contributed by atoms with van der Waals surface area (Å²) >= 11 is 8.86. The number of halogens is 2. The fourth-order valence-electron chi connectivity index (χ4n) is 1.53. The number of aromatic nitrogens is 1. The van der Waals surface area contributed by atoms with Crippen LogP contribution in [0.5, 0.6) is 5.75 Å². The normalized spacial score (nSPS) is 10.6. The second kappa shape index (κ2) is 7.15. The summed E-state index contributed by atoms with van der Waals surface area (Å²) in [6.45, 7) is 0. The van der Waals surface area contributed by atoms with Crippen molar-refractivity contribution in [1.82, 2.24) is 4.98 Å². The van der Waals surface area contributed by atoms with Crippen LogP contribution in [0.15, 0.2) is 47.2 Å². The van der Waals surface area contributed by atoms with E-state index in [9.17, 15) is 14.9 Å². The van der Waals surface area contributed by atoms with Crippen molar-refractivity contribution in [2.24, 2.45) is 0 Å². The highest BCUT2D eigenvalue weighted by Crippen LogP contribution is 2.25. The molecule has 1 aromatic carbocycles. The molecule has 0 radical (unpaired) electrons. The summed E-state index contributed by atoms with van der Waals surface area (Å²) in [4.78, 5) is 25.8. The average molecular weight is 384 g/mol. The van der Waals surface area contributed by atoms with E-state index in [1.165, 1.54) is 18.2 Å². The van der Waals surface area contributed by atoms with Crippen molar-refractivity contribution < 1.29 is 14.5 Å². The van der Waals surface area contributed by atoms with Gasteiger partial charge in [-0.1, -0.05) is 17.7 Å². The first-order valence-corrected chi connectivity index (χ1v) is 7.09. The summed E-state index contributed by atoms with van der Waals surface area (Å²) in [6.07, 6.45) is 4.10. The summed E-state index contributed by atoms with van der Waals surface area (Å²) in [5.41, 5.74) is 0.227. The molecule has 0 atom stereocenters. The lowest BCUT2D eigenvalue weighted by atomic mass is 10.2. The Bertz CT molecular complexity index is 764. The maximum atomic E-state index is 11.7. The number of hydrogen-bond acceptors (Lipinski definition) is 5. The Labute approximate surface area is 138 Å². The standard InChI is InChI=1S/C14H8BrClN2O4/c15-14-12(2-1-7-17-14)22-13(19)6-4-9-3-5-10(16)11(8-9)18(20)21/h1-8H. The molecule has 0 N–H and O–H groups in total. The number of carbonyl (C=O) groups is 1. The third kappa shape index (κ3) is 4.12. The Morgan fingerprint density at radius 2 is 2.18 bits per heavy atom. The number of pyridine rings is 1. The van der Waals surface area contributed by atoms with E-state index in [4.69, 9.17) is 16.3 Å². The van der Waals surface area contributed by atoms with Gasteiger partial charge in [0.15, 0.2) is 5.75 Å². The smallest absolute Gasteiger partial charge is 0.336 e. The van der Waals surface area contributed by atoms with E-state index in [0.717, 1.165) is 6.08 Å². The molecule has 22 heavy (non-hydrogen) atoms. The monoisotopic (exact) mass is 382 g/mol. The number of ether oxygens (including phenoxy) is 1. The van der Waals surface area contributed by atoms with Gasteiger partial charge in [0, 0.05) is 18.3 Å². The summed E-state index contributed by atoms with van der Waals surface area (Å²) in [6, 6.07) is 7.42. The van der Waals surface area contributed by atoms with Gasteiger partial charge in [-0.2, -0.15) is 0 Å². The number of carbonyl (C=O) groups excluding carboxylic acids is 1. The lowest BCUT2D eigenvalue weighted by Crippen LogP contribution is -2.04. The Hall–Kier alpha value is -2.25. The van der Waals surface area contributed by atoms with Crippen LogP contribution in [-0.2, 0) is 4.79 Å². The first-order chi connectivity index (χ1) is 10.5. The molecule has 1 aromatic heterocycles. The molecule has 2 rings (SSSR count). The van der Waals surface area contributed by atoms with Gasteiger partial charge in [0.1, 0.15) is 9.63 Å². The van der Waals surface area contributed by atoms with E-state index >= 15 is 0 Å². The highest BCUT2D eigenvalue weighted by molar-refractivity contribution is 9.10. The Kier molecular flexibility index (Phi) is 5.24. The molecule has 6 nitrogen and oxygen atoms in total. The second-order valence-electron chi connectivity index (χ2n) is 4.01. The van der Waals surface area contributed by atoms with Crippen LogP contribution < -0.4 is 4.74 Å². The van der Waals surface area contributed by atoms with E-state index in [1.807, 2.05) is 0 Å². The fraction of sp³-hybridized carbons (Fsp3) is 0. The lowest BCUT2D eigenvalue weighted by Gasteiger charge is -2.02. The van der Waals surface area contributed by atoms with Gasteiger partial charge in [-0.3, -0.25) is 10.1 Å². The van der Waals surface area contributed by atoms with Crippen LogP contribution in [-0.4, -0.2) is 15.9 Å². The first-order valence-electron chi connectivity index (χ1n) is 5.91. The minimum Gasteiger partial charge on any atom is -0.420 e. The van der Waals surface area contributed by atoms with Gasteiger partial charge in [-0.05, 0) is 45.8 Å². The maximum Gasteiger partial charge on any atom is 0.336 e. The predicted octanol–water partition coefficient (Wildman–Crippen LogP) is 4.02. The molecular formula is C14H8BrClN2O4. The molecular weight excluding hydrogens is 376 g/mol. The van der Waals surface area contributed by atoms with E-state index in [1.54, 1.807) is 24.4 Å². The van der Waals surface area contributed by atoms with Gasteiger partial charge < -0.3 is 4.74 Å². The molecule has 1 heterocycles. The molecule has 0 aliphatic carbocycles. The van der Waals surface area contributed by atoms with Gasteiger partial charge >= 0.3 is 5.97 Å². The van der Waals surface area contributed by atoms with Crippen LogP contribution >= 0.6 is 27.5 Å². The van der Waals surface area contributed by atoms with Crippen LogP contribution in [0.2, 0.25) is 5.02 Å². The molecule has 0 bridgehead atoms. The molecule has 0 saturated carbocycles. The Morgan fingerprint density at radius 1 is 1.41 bits per heavy atom. The van der Waals surface area contributed by atoms with Gasteiger partial charge in [-0.15, -0.1) is 0 Å². The van der Waals surface area contributed by atoms with Crippen LogP contribution in [0.25, 0.3) is 6.08 Å². The van der Waals surface area contributed by atoms with E-state index in [-0.39, 0.29) is 16.5 Å². The van der Waals surface area contributed by atoms with E-state index in [0.29, 0.717) is 10.2 Å². The van der Waals surface area contributed by atoms with Crippen molar-refractivity contribution >= 4 is 45.3 Å². The van der Waals surface area contributed by atoms with Crippen LogP contribution in [0.1, 0.15) is 5.56 Å². The minimum absolute atomic E-state index is 0.0315. The van der Waals surface area contributed by atoms with Crippen molar-refractivity contribution in [3.63, 3.8) is 0 Å². The van der Waals surface area contributed by atoms with Gasteiger partial charge in [0.05, 0.1) is 4.92 Å². The third-order valence-electron chi connectivity index (χ3n) is 2.51. The van der Waals surface area contributed by atoms with Crippen LogP contribution in [0.3, 0.4) is 0 Å². The number of esters is 1. The summed E-state index contributed by atoms with van der Waals surface area (Å²) in [7, 11) is 0. The largest absolute Gasteiger partial charge is 0.420 e.